The summed E-state index contributed by atoms with van der Waals surface area (Å²) in [5, 5.41) is 0. The van der Waals surface area contributed by atoms with Gasteiger partial charge in [-0.2, -0.15) is 0 Å². The summed E-state index contributed by atoms with van der Waals surface area (Å²) in [6.07, 6.45) is 5.30. The predicted molar refractivity (Wildman–Crippen MR) is 133 cm³/mol. The van der Waals surface area contributed by atoms with Crippen LogP contribution in [0, 0.1) is 20.2 Å². The van der Waals surface area contributed by atoms with Crippen molar-refractivity contribution in [1.82, 2.24) is 23.7 Å². The fraction of sp³-hybridized carbons (Fsp3) is 0.143. The van der Waals surface area contributed by atoms with E-state index in [-0.39, 0.29) is 0 Å². The smallest absolute Gasteiger partial charge is 0.139 e. The Labute approximate surface area is 192 Å². The maximum absolute atomic E-state index is 4.89. The number of rotatable bonds is 4. The monoisotopic (exact) mass is 697 g/mol. The van der Waals surface area contributed by atoms with E-state index in [4.69, 9.17) is 4.98 Å². The molecule has 0 aliphatic heterocycles. The second kappa shape index (κ2) is 7.78. The van der Waals surface area contributed by atoms with Crippen molar-refractivity contribution in [3.8, 4) is 17.1 Å². The predicted octanol–water partition coefficient (Wildman–Crippen LogP) is 5.85. The van der Waals surface area contributed by atoms with Crippen molar-refractivity contribution in [2.75, 3.05) is 0 Å². The molecule has 6 heteroatoms. The molecule has 0 radical (unpaired) electrons. The van der Waals surface area contributed by atoms with Crippen molar-refractivity contribution in [3.05, 3.63) is 102 Å². The van der Waals surface area contributed by atoms with Crippen molar-refractivity contribution in [1.29, 1.82) is 0 Å². The SMILES string of the molecule is Cc1cc(-c2nc3ccccc3n2C)cc2c1n[c-]n2Cc1ccc(-n2cccc2C)cc1.[Rf]. The summed E-state index contributed by atoms with van der Waals surface area (Å²) < 4.78 is 6.45. The van der Waals surface area contributed by atoms with Gasteiger partial charge in [0.15, 0.2) is 0 Å². The van der Waals surface area contributed by atoms with E-state index < -0.39 is 0 Å². The van der Waals surface area contributed by atoms with Crippen LogP contribution in [-0.4, -0.2) is 23.7 Å². The molecule has 5 nitrogen and oxygen atoms in total. The average Bonchev–Trinajstić information content (AvgIpc) is 3.53. The van der Waals surface area contributed by atoms with Gasteiger partial charge in [-0.1, -0.05) is 59.9 Å². The number of aromatic nitrogens is 5. The Bertz CT molecular complexity index is 1620. The molecule has 6 aromatic rings. The molecule has 0 amide bonds. The van der Waals surface area contributed by atoms with Gasteiger partial charge in [-0.3, -0.25) is 0 Å². The van der Waals surface area contributed by atoms with Crippen molar-refractivity contribution >= 4 is 22.1 Å². The minimum Gasteiger partial charge on any atom is -0.443 e. The third-order valence-electron chi connectivity index (χ3n) is 6.41. The Kier molecular flexibility index (Phi) is 4.75. The van der Waals surface area contributed by atoms with Crippen LogP contribution in [0.2, 0.25) is 0 Å². The first-order valence-electron chi connectivity index (χ1n) is 11.1. The third kappa shape index (κ3) is 3.21. The maximum atomic E-state index is 4.89. The zero-order valence-electron chi connectivity index (χ0n) is 19.7. The fourth-order valence-corrected chi connectivity index (χ4v) is 4.63. The van der Waals surface area contributed by atoms with E-state index in [2.05, 4.69) is 119 Å². The van der Waals surface area contributed by atoms with Crippen LogP contribution in [0.25, 0.3) is 39.1 Å². The Balaban J connectivity index is 0.00000241. The van der Waals surface area contributed by atoms with Gasteiger partial charge in [-0.25, -0.2) is 4.98 Å². The van der Waals surface area contributed by atoms with Crippen LogP contribution in [0.4, 0.5) is 0 Å². The van der Waals surface area contributed by atoms with Crippen LogP contribution in [0.5, 0.6) is 0 Å². The van der Waals surface area contributed by atoms with Gasteiger partial charge < -0.3 is 18.7 Å². The standard InChI is InChI=1S/C28H24N5.Rf/c1-19-15-22(28-30-24-8-4-5-9-25(24)31(28)3)16-26-27(19)29-18-32(26)17-21-10-12-23(13-11-21)33-14-6-7-20(33)2;/h4-16H,17H2,1-3H3;/q-1;. The van der Waals surface area contributed by atoms with Gasteiger partial charge in [0.1, 0.15) is 5.82 Å². The molecule has 0 bridgehead atoms. The minimum atomic E-state index is 0. The second-order valence-electron chi connectivity index (χ2n) is 8.63. The van der Waals surface area contributed by atoms with Crippen LogP contribution >= 0.6 is 0 Å². The van der Waals surface area contributed by atoms with Gasteiger partial charge in [0, 0.05) is 43.1 Å². The number of benzene rings is 3. The van der Waals surface area contributed by atoms with Crippen LogP contribution in [0.15, 0.2) is 79.0 Å². The van der Waals surface area contributed by atoms with E-state index >= 15 is 0 Å². The molecule has 0 N–H and O–H groups in total. The minimum absolute atomic E-state index is 0. The summed E-state index contributed by atoms with van der Waals surface area (Å²) >= 11 is 0. The number of para-hydroxylation sites is 2. The van der Waals surface area contributed by atoms with Crippen molar-refractivity contribution in [2.45, 2.75) is 20.4 Å². The van der Waals surface area contributed by atoms with Gasteiger partial charge in [0.25, 0.3) is 0 Å². The molecule has 0 unspecified atom stereocenters. The van der Waals surface area contributed by atoms with Crippen molar-refractivity contribution in [3.63, 3.8) is 0 Å². The van der Waals surface area contributed by atoms with Crippen LogP contribution in [-0.2, 0) is 13.6 Å². The number of aryl methyl sites for hydroxylation is 3. The van der Waals surface area contributed by atoms with Crippen LogP contribution in [0.3, 0.4) is 0 Å². The summed E-state index contributed by atoms with van der Waals surface area (Å²) in [4.78, 5) is 9.48. The molecule has 6 rings (SSSR count). The first kappa shape index (κ1) is 20.8. The van der Waals surface area contributed by atoms with E-state index in [0.29, 0.717) is 6.54 Å². The van der Waals surface area contributed by atoms with E-state index in [1.807, 2.05) is 6.07 Å². The fourth-order valence-electron chi connectivity index (χ4n) is 4.63. The largest absolute Gasteiger partial charge is 0.443 e. The second-order valence-corrected chi connectivity index (χ2v) is 8.63. The Morgan fingerprint density at radius 2 is 1.68 bits per heavy atom. The molecule has 164 valence electrons. The molecule has 0 aliphatic rings. The zero-order chi connectivity index (χ0) is 22.5. The molecule has 0 atom stereocenters. The molecule has 0 saturated carbocycles. The first-order chi connectivity index (χ1) is 16.1. The summed E-state index contributed by atoms with van der Waals surface area (Å²) in [6, 6.07) is 25.5. The molecule has 0 saturated heterocycles. The van der Waals surface area contributed by atoms with Gasteiger partial charge in [0.05, 0.1) is 11.0 Å². The average molecular weight is 698 g/mol. The Hall–Kier alpha value is -5.12. The number of imidazole rings is 2. The summed E-state index contributed by atoms with van der Waals surface area (Å²) in [5.74, 6) is 0.959. The molecule has 0 fully saturated rings. The van der Waals surface area contributed by atoms with Crippen LogP contribution < -0.4 is 0 Å². The molecule has 34 heavy (non-hydrogen) atoms. The number of hydrogen-bond acceptors (Lipinski definition) is 2. The molecule has 0 spiro atoms. The first-order valence-corrected chi connectivity index (χ1v) is 11.1. The molecule has 0 aliphatic carbocycles. The normalized spacial score (nSPS) is 11.3. The van der Waals surface area contributed by atoms with E-state index in [9.17, 15) is 0 Å². The maximum Gasteiger partial charge on any atom is 0.139 e. The summed E-state index contributed by atoms with van der Waals surface area (Å²) in [6.45, 7) is 4.94. The van der Waals surface area contributed by atoms with Crippen molar-refractivity contribution < 1.29 is 0 Å². The molecule has 3 aromatic carbocycles. The van der Waals surface area contributed by atoms with Gasteiger partial charge in [-0.15, -0.1) is 0 Å². The van der Waals surface area contributed by atoms with Gasteiger partial charge in [-0.05, 0) is 48.9 Å². The quantitative estimate of drug-likeness (QED) is 0.217. The number of hydrogen-bond donors (Lipinski definition) is 0. The molecule has 3 heterocycles. The van der Waals surface area contributed by atoms with E-state index in [1.165, 1.54) is 16.9 Å². The van der Waals surface area contributed by atoms with Gasteiger partial charge >= 0.3 is 0 Å². The number of nitrogens with zero attached hydrogens (tertiary/aromatic N) is 5. The van der Waals surface area contributed by atoms with Crippen LogP contribution in [0.1, 0.15) is 16.8 Å². The topological polar surface area (TPSA) is 40.6 Å². The van der Waals surface area contributed by atoms with Gasteiger partial charge in [0.2, 0.25) is 0 Å². The zero-order valence-corrected chi connectivity index (χ0v) is 26.1. The Morgan fingerprint density at radius 1 is 0.882 bits per heavy atom. The summed E-state index contributed by atoms with van der Waals surface area (Å²) in [7, 11) is 2.07. The Morgan fingerprint density at radius 3 is 2.41 bits per heavy atom. The van der Waals surface area contributed by atoms with E-state index in [1.54, 1.807) is 0 Å². The number of fused-ring (bicyclic) bond motifs is 2. The molecular weight excluding hydrogens is 673 g/mol. The molecular formula is C28H24N5Rf-. The van der Waals surface area contributed by atoms with E-state index in [0.717, 1.165) is 39.0 Å². The molecule has 3 aromatic heterocycles. The third-order valence-corrected chi connectivity index (χ3v) is 6.41. The van der Waals surface area contributed by atoms with Crippen molar-refractivity contribution in [2.24, 2.45) is 7.05 Å². The summed E-state index contributed by atoms with van der Waals surface area (Å²) in [5.41, 5.74) is 10.0.